The van der Waals surface area contributed by atoms with Crippen LogP contribution in [0.5, 0.6) is 0 Å². The highest BCUT2D eigenvalue weighted by Crippen LogP contribution is 2.28. The van der Waals surface area contributed by atoms with Gasteiger partial charge in [0.2, 0.25) is 11.9 Å². The summed E-state index contributed by atoms with van der Waals surface area (Å²) in [5.74, 6) is 1.91. The monoisotopic (exact) mass is 370 g/mol. The molecule has 27 heavy (non-hydrogen) atoms. The van der Waals surface area contributed by atoms with E-state index in [1.165, 1.54) is 5.52 Å². The number of benzene rings is 1. The molecule has 2 unspecified atom stereocenters. The number of imidazole rings is 1. The van der Waals surface area contributed by atoms with Crippen LogP contribution in [0.2, 0.25) is 0 Å². The molecule has 0 spiro atoms. The summed E-state index contributed by atoms with van der Waals surface area (Å²) in [6.45, 7) is 11.4. The van der Waals surface area contributed by atoms with Crippen LogP contribution in [-0.2, 0) is 11.3 Å². The Kier molecular flexibility index (Phi) is 6.40. The third-order valence-corrected chi connectivity index (χ3v) is 5.64. The van der Waals surface area contributed by atoms with E-state index in [-0.39, 0.29) is 17.9 Å². The van der Waals surface area contributed by atoms with E-state index in [1.807, 2.05) is 6.07 Å². The lowest BCUT2D eigenvalue weighted by Crippen LogP contribution is -2.46. The van der Waals surface area contributed by atoms with Crippen molar-refractivity contribution in [2.75, 3.05) is 18.0 Å². The highest BCUT2D eigenvalue weighted by Gasteiger charge is 2.29. The van der Waals surface area contributed by atoms with Gasteiger partial charge in [0.1, 0.15) is 0 Å². The highest BCUT2D eigenvalue weighted by molar-refractivity contribution is 5.81. The van der Waals surface area contributed by atoms with Crippen molar-refractivity contribution >= 4 is 22.9 Å². The van der Waals surface area contributed by atoms with Crippen LogP contribution >= 0.6 is 0 Å². The first-order chi connectivity index (χ1) is 13.0. The van der Waals surface area contributed by atoms with Crippen LogP contribution in [0.15, 0.2) is 24.3 Å². The number of nitrogens with zero attached hydrogens (tertiary/aromatic N) is 3. The Labute approximate surface area is 163 Å². The number of carbonyl (C=O) groups excluding carboxylic acids is 1. The number of hydrogen-bond acceptors (Lipinski definition) is 3. The van der Waals surface area contributed by atoms with Gasteiger partial charge in [-0.2, -0.15) is 0 Å². The lowest BCUT2D eigenvalue weighted by Gasteiger charge is -2.33. The average Bonchev–Trinajstić information content (AvgIpc) is 3.05. The normalized spacial score (nSPS) is 18.9. The number of amides is 1. The van der Waals surface area contributed by atoms with Gasteiger partial charge >= 0.3 is 0 Å². The number of piperidine rings is 1. The zero-order chi connectivity index (χ0) is 19.4. The van der Waals surface area contributed by atoms with Crippen LogP contribution in [0.1, 0.15) is 53.4 Å². The molecule has 2 heterocycles. The predicted molar refractivity (Wildman–Crippen MR) is 112 cm³/mol. The molecule has 0 radical (unpaired) electrons. The third kappa shape index (κ3) is 4.63. The van der Waals surface area contributed by atoms with Gasteiger partial charge in [-0.25, -0.2) is 4.98 Å². The number of carbonyl (C=O) groups is 1. The lowest BCUT2D eigenvalue weighted by molar-refractivity contribution is -0.125. The topological polar surface area (TPSA) is 50.2 Å². The Morgan fingerprint density at radius 3 is 2.81 bits per heavy atom. The summed E-state index contributed by atoms with van der Waals surface area (Å²) in [5, 5.41) is 3.16. The van der Waals surface area contributed by atoms with Gasteiger partial charge in [0.15, 0.2) is 0 Å². The smallest absolute Gasteiger partial charge is 0.225 e. The molecule has 1 N–H and O–H groups in total. The van der Waals surface area contributed by atoms with E-state index >= 15 is 0 Å². The molecular weight excluding hydrogens is 336 g/mol. The number of para-hydroxylation sites is 2. The van der Waals surface area contributed by atoms with E-state index in [0.29, 0.717) is 5.92 Å². The Bertz CT molecular complexity index is 767. The molecule has 1 aromatic heterocycles. The fourth-order valence-electron chi connectivity index (χ4n) is 3.75. The molecule has 5 nitrogen and oxygen atoms in total. The summed E-state index contributed by atoms with van der Waals surface area (Å²) in [5.41, 5.74) is 2.24. The van der Waals surface area contributed by atoms with E-state index in [9.17, 15) is 4.79 Å². The molecule has 3 rings (SSSR count). The zero-order valence-corrected chi connectivity index (χ0v) is 17.2. The van der Waals surface area contributed by atoms with Crippen LogP contribution in [0, 0.1) is 11.8 Å². The summed E-state index contributed by atoms with van der Waals surface area (Å²) < 4.78 is 2.35. The molecule has 1 saturated heterocycles. The molecule has 1 aliphatic heterocycles. The molecule has 1 fully saturated rings. The maximum Gasteiger partial charge on any atom is 0.225 e. The molecule has 1 amide bonds. The average molecular weight is 371 g/mol. The van der Waals surface area contributed by atoms with Gasteiger partial charge < -0.3 is 14.8 Å². The quantitative estimate of drug-likeness (QED) is 0.794. The largest absolute Gasteiger partial charge is 0.353 e. The van der Waals surface area contributed by atoms with E-state index in [2.05, 4.69) is 60.7 Å². The first kappa shape index (κ1) is 19.7. The second-order valence-corrected chi connectivity index (χ2v) is 8.34. The molecule has 5 heteroatoms. The number of fused-ring (bicyclic) bond motifs is 1. The number of anilines is 1. The SMILES string of the molecule is CCC(C)NC(=O)C1CCCN(c2nc3ccccc3n2CCC(C)C)C1. The van der Waals surface area contributed by atoms with E-state index in [0.717, 1.165) is 56.8 Å². The van der Waals surface area contributed by atoms with Crippen LogP contribution in [-0.4, -0.2) is 34.6 Å². The van der Waals surface area contributed by atoms with Crippen LogP contribution in [0.25, 0.3) is 11.0 Å². The standard InChI is InChI=1S/C22H34N4O/c1-5-17(4)23-21(27)18-9-8-13-25(15-18)22-24-19-10-6-7-11-20(19)26(22)14-12-16(2)3/h6-7,10-11,16-18H,5,8-9,12-15H2,1-4H3,(H,23,27). The summed E-state index contributed by atoms with van der Waals surface area (Å²) in [4.78, 5) is 19.9. The van der Waals surface area contributed by atoms with Gasteiger partial charge in [0.25, 0.3) is 0 Å². The van der Waals surface area contributed by atoms with Crippen molar-refractivity contribution in [3.05, 3.63) is 24.3 Å². The van der Waals surface area contributed by atoms with Crippen molar-refractivity contribution in [3.63, 3.8) is 0 Å². The van der Waals surface area contributed by atoms with Gasteiger partial charge in [-0.05, 0) is 50.7 Å². The van der Waals surface area contributed by atoms with E-state index < -0.39 is 0 Å². The minimum absolute atomic E-state index is 0.0473. The third-order valence-electron chi connectivity index (χ3n) is 5.64. The maximum atomic E-state index is 12.7. The van der Waals surface area contributed by atoms with Gasteiger partial charge in [-0.1, -0.05) is 32.9 Å². The first-order valence-electron chi connectivity index (χ1n) is 10.5. The summed E-state index contributed by atoms with van der Waals surface area (Å²) in [6, 6.07) is 8.61. The van der Waals surface area contributed by atoms with Crippen LogP contribution in [0.3, 0.4) is 0 Å². The molecule has 2 aromatic rings. The Balaban J connectivity index is 1.83. The minimum atomic E-state index is 0.0473. The predicted octanol–water partition coefficient (Wildman–Crippen LogP) is 4.21. The van der Waals surface area contributed by atoms with Crippen molar-refractivity contribution in [2.45, 2.75) is 66.0 Å². The fraction of sp³-hybridized carbons (Fsp3) is 0.636. The van der Waals surface area contributed by atoms with Gasteiger partial charge in [-0.15, -0.1) is 0 Å². The van der Waals surface area contributed by atoms with E-state index in [4.69, 9.17) is 4.98 Å². The lowest BCUT2D eigenvalue weighted by atomic mass is 9.97. The summed E-state index contributed by atoms with van der Waals surface area (Å²) >= 11 is 0. The Morgan fingerprint density at radius 1 is 1.30 bits per heavy atom. The number of aromatic nitrogens is 2. The molecule has 1 aliphatic rings. The fourth-order valence-corrected chi connectivity index (χ4v) is 3.75. The molecule has 148 valence electrons. The summed E-state index contributed by atoms with van der Waals surface area (Å²) in [7, 11) is 0. The first-order valence-corrected chi connectivity index (χ1v) is 10.5. The molecule has 0 aliphatic carbocycles. The zero-order valence-electron chi connectivity index (χ0n) is 17.2. The van der Waals surface area contributed by atoms with Crippen molar-refractivity contribution in [1.29, 1.82) is 0 Å². The molecule has 2 atom stereocenters. The maximum absolute atomic E-state index is 12.7. The van der Waals surface area contributed by atoms with Crippen LogP contribution < -0.4 is 10.2 Å². The van der Waals surface area contributed by atoms with Crippen molar-refractivity contribution in [1.82, 2.24) is 14.9 Å². The number of nitrogens with one attached hydrogen (secondary N) is 1. The summed E-state index contributed by atoms with van der Waals surface area (Å²) in [6.07, 6.45) is 4.09. The second-order valence-electron chi connectivity index (χ2n) is 8.34. The molecule has 1 aromatic carbocycles. The highest BCUT2D eigenvalue weighted by atomic mass is 16.2. The van der Waals surface area contributed by atoms with Crippen molar-refractivity contribution in [3.8, 4) is 0 Å². The molecular formula is C22H34N4O. The number of aryl methyl sites for hydroxylation is 1. The molecule has 0 bridgehead atoms. The van der Waals surface area contributed by atoms with Crippen molar-refractivity contribution < 1.29 is 4.79 Å². The van der Waals surface area contributed by atoms with Crippen LogP contribution in [0.4, 0.5) is 5.95 Å². The minimum Gasteiger partial charge on any atom is -0.353 e. The Morgan fingerprint density at radius 2 is 2.07 bits per heavy atom. The molecule has 0 saturated carbocycles. The van der Waals surface area contributed by atoms with Gasteiger partial charge in [0, 0.05) is 25.7 Å². The van der Waals surface area contributed by atoms with Gasteiger partial charge in [-0.3, -0.25) is 4.79 Å². The van der Waals surface area contributed by atoms with E-state index in [1.54, 1.807) is 0 Å². The number of rotatable bonds is 7. The second kappa shape index (κ2) is 8.77. The van der Waals surface area contributed by atoms with Gasteiger partial charge in [0.05, 0.1) is 17.0 Å². The number of hydrogen-bond donors (Lipinski definition) is 1. The van der Waals surface area contributed by atoms with Crippen molar-refractivity contribution in [2.24, 2.45) is 11.8 Å². The Hall–Kier alpha value is -2.04.